The largest absolute Gasteiger partial charge is 0.320 e. The van der Waals surface area contributed by atoms with Crippen molar-refractivity contribution in [1.82, 2.24) is 0 Å². The fraction of sp³-hybridized carbons (Fsp3) is 0.111. The van der Waals surface area contributed by atoms with Crippen LogP contribution in [0.15, 0.2) is 30.3 Å². The molecule has 0 saturated carbocycles. The molecule has 1 aromatic rings. The number of anilines is 1. The summed E-state index contributed by atoms with van der Waals surface area (Å²) in [6, 6.07) is 7.49. The molecular formula is C9H8N2O2. The van der Waals surface area contributed by atoms with E-state index in [0.29, 0.717) is 0 Å². The second kappa shape index (κ2) is 2.90. The first kappa shape index (κ1) is 7.79. The zero-order valence-electron chi connectivity index (χ0n) is 6.81. The van der Waals surface area contributed by atoms with Crippen LogP contribution in [0.25, 0.3) is 6.08 Å². The number of rotatable bonds is 1. The Kier molecular flexibility index (Phi) is 1.73. The first-order valence-corrected chi connectivity index (χ1v) is 3.94. The molecule has 0 aromatic heterocycles. The first-order valence-electron chi connectivity index (χ1n) is 3.94. The number of benzene rings is 1. The Balaban J connectivity index is 2.34. The van der Waals surface area contributed by atoms with Gasteiger partial charge >= 0.3 is 6.17 Å². The Bertz CT molecular complexity index is 374. The van der Waals surface area contributed by atoms with E-state index in [1.165, 1.54) is 0 Å². The van der Waals surface area contributed by atoms with Crippen molar-refractivity contribution in [2.45, 2.75) is 6.17 Å². The number of para-hydroxylation sites is 1. The zero-order valence-corrected chi connectivity index (χ0v) is 6.81. The predicted molar refractivity (Wildman–Crippen MR) is 49.9 cm³/mol. The summed E-state index contributed by atoms with van der Waals surface area (Å²) >= 11 is 0. The predicted octanol–water partition coefficient (Wildman–Crippen LogP) is 1.73. The van der Waals surface area contributed by atoms with Gasteiger partial charge in [-0.25, -0.2) is 0 Å². The Morgan fingerprint density at radius 1 is 1.38 bits per heavy atom. The van der Waals surface area contributed by atoms with Gasteiger partial charge in [0.05, 0.1) is 0 Å². The van der Waals surface area contributed by atoms with Crippen LogP contribution in [0, 0.1) is 10.1 Å². The molecular weight excluding hydrogens is 168 g/mol. The van der Waals surface area contributed by atoms with E-state index in [0.717, 1.165) is 11.3 Å². The van der Waals surface area contributed by atoms with Gasteiger partial charge in [0.15, 0.2) is 0 Å². The molecule has 0 aliphatic carbocycles. The van der Waals surface area contributed by atoms with Crippen molar-refractivity contribution in [2.24, 2.45) is 0 Å². The highest BCUT2D eigenvalue weighted by molar-refractivity contribution is 5.70. The highest BCUT2D eigenvalue weighted by Crippen LogP contribution is 2.22. The van der Waals surface area contributed by atoms with Gasteiger partial charge in [-0.05, 0) is 17.7 Å². The Labute approximate surface area is 75.0 Å². The smallest absolute Gasteiger partial charge is 0.304 e. The van der Waals surface area contributed by atoms with Gasteiger partial charge in [0.1, 0.15) is 0 Å². The monoisotopic (exact) mass is 176 g/mol. The van der Waals surface area contributed by atoms with Crippen molar-refractivity contribution in [3.63, 3.8) is 0 Å². The molecule has 1 heterocycles. The van der Waals surface area contributed by atoms with E-state index in [-0.39, 0.29) is 4.92 Å². The topological polar surface area (TPSA) is 55.2 Å². The molecule has 66 valence electrons. The average Bonchev–Trinajstić information content (AvgIpc) is 2.17. The van der Waals surface area contributed by atoms with Crippen LogP contribution in [-0.4, -0.2) is 11.1 Å². The summed E-state index contributed by atoms with van der Waals surface area (Å²) < 4.78 is 0. The van der Waals surface area contributed by atoms with E-state index < -0.39 is 6.17 Å². The van der Waals surface area contributed by atoms with Crippen LogP contribution < -0.4 is 5.32 Å². The normalized spacial score (nSPS) is 18.9. The first-order chi connectivity index (χ1) is 6.27. The van der Waals surface area contributed by atoms with Crippen LogP contribution in [0.5, 0.6) is 0 Å². The summed E-state index contributed by atoms with van der Waals surface area (Å²) in [6.07, 6.45) is 2.51. The number of nitrogens with one attached hydrogen (secondary N) is 1. The lowest BCUT2D eigenvalue weighted by Gasteiger charge is -2.15. The molecule has 1 aromatic carbocycles. The summed E-state index contributed by atoms with van der Waals surface area (Å²) in [4.78, 5) is 10.1. The highest BCUT2D eigenvalue weighted by Gasteiger charge is 2.19. The van der Waals surface area contributed by atoms with Gasteiger partial charge < -0.3 is 5.32 Å². The van der Waals surface area contributed by atoms with Crippen molar-refractivity contribution in [1.29, 1.82) is 0 Å². The molecule has 0 amide bonds. The average molecular weight is 176 g/mol. The summed E-state index contributed by atoms with van der Waals surface area (Å²) in [5, 5.41) is 13.3. The van der Waals surface area contributed by atoms with Crippen LogP contribution in [0.1, 0.15) is 5.56 Å². The van der Waals surface area contributed by atoms with E-state index in [9.17, 15) is 10.1 Å². The molecule has 1 N–H and O–H groups in total. The minimum atomic E-state index is -0.796. The van der Waals surface area contributed by atoms with Crippen LogP contribution in [-0.2, 0) is 0 Å². The second-order valence-corrected chi connectivity index (χ2v) is 2.82. The molecule has 0 spiro atoms. The van der Waals surface area contributed by atoms with Gasteiger partial charge in [0.25, 0.3) is 0 Å². The summed E-state index contributed by atoms with van der Waals surface area (Å²) in [7, 11) is 0. The molecule has 13 heavy (non-hydrogen) atoms. The van der Waals surface area contributed by atoms with Crippen LogP contribution in [0.3, 0.4) is 0 Å². The van der Waals surface area contributed by atoms with Crippen LogP contribution in [0.2, 0.25) is 0 Å². The second-order valence-electron chi connectivity index (χ2n) is 2.82. The van der Waals surface area contributed by atoms with E-state index in [1.54, 1.807) is 12.2 Å². The quantitative estimate of drug-likeness (QED) is 0.523. The molecule has 1 atom stereocenters. The van der Waals surface area contributed by atoms with Gasteiger partial charge in [-0.2, -0.15) is 0 Å². The number of hydrogen-bond acceptors (Lipinski definition) is 3. The maximum atomic E-state index is 10.5. The fourth-order valence-corrected chi connectivity index (χ4v) is 1.30. The number of hydrogen-bond donors (Lipinski definition) is 1. The maximum Gasteiger partial charge on any atom is 0.304 e. The highest BCUT2D eigenvalue weighted by atomic mass is 16.6. The Morgan fingerprint density at radius 3 is 2.92 bits per heavy atom. The van der Waals surface area contributed by atoms with Crippen LogP contribution in [0.4, 0.5) is 5.69 Å². The van der Waals surface area contributed by atoms with Gasteiger partial charge in [0.2, 0.25) is 0 Å². The molecule has 0 bridgehead atoms. The third-order valence-electron chi connectivity index (χ3n) is 1.95. The fourth-order valence-electron chi connectivity index (χ4n) is 1.30. The SMILES string of the molecule is O=[N+]([O-])C1C=Cc2ccccc2N1. The molecule has 4 heteroatoms. The third-order valence-corrected chi connectivity index (χ3v) is 1.95. The van der Waals surface area contributed by atoms with E-state index in [2.05, 4.69) is 5.32 Å². The standard InChI is InChI=1S/C9H8N2O2/c12-11(13)9-6-5-7-3-1-2-4-8(7)10-9/h1-6,9-10H. The lowest BCUT2D eigenvalue weighted by Crippen LogP contribution is -2.28. The molecule has 0 fully saturated rings. The van der Waals surface area contributed by atoms with Gasteiger partial charge in [-0.3, -0.25) is 10.1 Å². The van der Waals surface area contributed by atoms with Gasteiger partial charge in [0, 0.05) is 16.7 Å². The molecule has 2 rings (SSSR count). The van der Waals surface area contributed by atoms with E-state index >= 15 is 0 Å². The van der Waals surface area contributed by atoms with E-state index in [1.807, 2.05) is 24.3 Å². The molecule has 1 unspecified atom stereocenters. The van der Waals surface area contributed by atoms with Crippen LogP contribution >= 0.6 is 0 Å². The van der Waals surface area contributed by atoms with E-state index in [4.69, 9.17) is 0 Å². The Morgan fingerprint density at radius 2 is 2.15 bits per heavy atom. The maximum absolute atomic E-state index is 10.5. The van der Waals surface area contributed by atoms with Gasteiger partial charge in [-0.15, -0.1) is 0 Å². The van der Waals surface area contributed by atoms with Gasteiger partial charge in [-0.1, -0.05) is 18.2 Å². The van der Waals surface area contributed by atoms with Crippen molar-refractivity contribution in [3.8, 4) is 0 Å². The van der Waals surface area contributed by atoms with Crippen molar-refractivity contribution >= 4 is 11.8 Å². The molecule has 0 radical (unpaired) electrons. The zero-order chi connectivity index (χ0) is 9.26. The summed E-state index contributed by atoms with van der Waals surface area (Å²) in [6.45, 7) is 0. The minimum absolute atomic E-state index is 0.355. The number of nitrogens with zero attached hydrogens (tertiary/aromatic N) is 1. The van der Waals surface area contributed by atoms with Crippen molar-refractivity contribution < 1.29 is 4.92 Å². The number of fused-ring (bicyclic) bond motifs is 1. The summed E-state index contributed by atoms with van der Waals surface area (Å²) in [5.41, 5.74) is 1.80. The van der Waals surface area contributed by atoms with Crippen molar-refractivity contribution in [2.75, 3.05) is 5.32 Å². The molecule has 0 saturated heterocycles. The minimum Gasteiger partial charge on any atom is -0.320 e. The third kappa shape index (κ3) is 1.38. The lowest BCUT2D eigenvalue weighted by molar-refractivity contribution is -0.501. The Hall–Kier alpha value is -1.84. The molecule has 1 aliphatic rings. The molecule has 4 nitrogen and oxygen atoms in total. The summed E-state index contributed by atoms with van der Waals surface area (Å²) in [5.74, 6) is 0. The number of nitro groups is 1. The lowest BCUT2D eigenvalue weighted by atomic mass is 10.1. The molecule has 1 aliphatic heterocycles. The van der Waals surface area contributed by atoms with Crippen molar-refractivity contribution in [3.05, 3.63) is 46.0 Å².